The highest BCUT2D eigenvalue weighted by molar-refractivity contribution is 5.85. The predicted molar refractivity (Wildman–Crippen MR) is 94.7 cm³/mol. The van der Waals surface area contributed by atoms with E-state index in [2.05, 4.69) is 16.9 Å². The van der Waals surface area contributed by atoms with Crippen molar-refractivity contribution in [3.05, 3.63) is 28.8 Å². The average molecular weight is 367 g/mol. The van der Waals surface area contributed by atoms with Gasteiger partial charge in [-0.05, 0) is 13.3 Å². The monoisotopic (exact) mass is 367 g/mol. The number of unbranched alkanes of at least 4 members (excludes halogenated alkanes) is 2. The van der Waals surface area contributed by atoms with Crippen LogP contribution in [0.4, 0.5) is 10.6 Å². The number of nitrogens with zero attached hydrogens (tertiary/aromatic N) is 2. The smallest absolute Gasteiger partial charge is 0.412 e. The van der Waals surface area contributed by atoms with Gasteiger partial charge in [-0.2, -0.15) is 4.98 Å². The molecule has 9 nitrogen and oxygen atoms in total. The van der Waals surface area contributed by atoms with Gasteiger partial charge in [0.1, 0.15) is 18.0 Å². The van der Waals surface area contributed by atoms with Crippen LogP contribution in [0.1, 0.15) is 44.9 Å². The molecule has 0 bridgehead atoms. The lowest BCUT2D eigenvalue weighted by Gasteiger charge is -2.18. The molecule has 1 aromatic heterocycles. The molecular formula is C17H25N3O6. The molecule has 144 valence electrons. The van der Waals surface area contributed by atoms with Gasteiger partial charge in [0, 0.05) is 11.8 Å². The van der Waals surface area contributed by atoms with Gasteiger partial charge in [0.2, 0.25) is 0 Å². The maximum Gasteiger partial charge on any atom is 0.412 e. The Balaban J connectivity index is 2.15. The largest absolute Gasteiger partial charge is 0.449 e. The van der Waals surface area contributed by atoms with Crippen LogP contribution in [-0.4, -0.2) is 50.8 Å². The minimum Gasteiger partial charge on any atom is -0.449 e. The molecule has 2 heterocycles. The first-order valence-electron chi connectivity index (χ1n) is 8.60. The summed E-state index contributed by atoms with van der Waals surface area (Å²) in [6.45, 7) is 7.54. The molecule has 0 aliphatic carbocycles. The molecule has 1 aliphatic heterocycles. The lowest BCUT2D eigenvalue weighted by atomic mass is 10.1. The van der Waals surface area contributed by atoms with Crippen LogP contribution in [-0.2, 0) is 9.47 Å². The summed E-state index contributed by atoms with van der Waals surface area (Å²) in [5.74, 6) is 0.00262. The zero-order valence-electron chi connectivity index (χ0n) is 14.9. The van der Waals surface area contributed by atoms with E-state index in [1.165, 1.54) is 12.3 Å². The Bertz CT molecular complexity index is 704. The molecule has 2 rings (SSSR count). The number of carbonyl (C=O) groups is 1. The first-order valence-corrected chi connectivity index (χ1v) is 8.60. The molecule has 26 heavy (non-hydrogen) atoms. The standard InChI is InChI=1S/C17H25N3O6/c1-4-6-7-8-25-17(24)19-14-11(5-2)9-20(16(23)18-14)15-13(22)12(21)10(3)26-15/h5,9-10,12-13,15,21-22H,2,4,6-8H2,1,3H3,(H,18,19,23,24)/t10-,12?,13?,15-/m1/s1. The zero-order valence-corrected chi connectivity index (χ0v) is 14.9. The van der Waals surface area contributed by atoms with Crippen LogP contribution in [0.2, 0.25) is 0 Å². The number of hydrogen-bond donors (Lipinski definition) is 3. The number of hydrogen-bond acceptors (Lipinski definition) is 7. The van der Waals surface area contributed by atoms with Crippen molar-refractivity contribution in [2.75, 3.05) is 11.9 Å². The van der Waals surface area contributed by atoms with Crippen LogP contribution in [0, 0.1) is 0 Å². The molecule has 1 aliphatic rings. The van der Waals surface area contributed by atoms with E-state index in [1.54, 1.807) is 6.92 Å². The fraction of sp³-hybridized carbons (Fsp3) is 0.588. The van der Waals surface area contributed by atoms with Crippen molar-refractivity contribution >= 4 is 18.0 Å². The molecule has 4 atom stereocenters. The molecule has 1 amide bonds. The van der Waals surface area contributed by atoms with Gasteiger partial charge >= 0.3 is 11.8 Å². The third-order valence-corrected chi connectivity index (χ3v) is 4.15. The van der Waals surface area contributed by atoms with Crippen LogP contribution in [0.5, 0.6) is 0 Å². The Hall–Kier alpha value is -2.23. The summed E-state index contributed by atoms with van der Waals surface area (Å²) in [4.78, 5) is 27.9. The molecular weight excluding hydrogens is 342 g/mol. The quantitative estimate of drug-likeness (QED) is 0.620. The summed E-state index contributed by atoms with van der Waals surface area (Å²) < 4.78 is 11.5. The number of aromatic nitrogens is 2. The topological polar surface area (TPSA) is 123 Å². The number of nitrogens with one attached hydrogen (secondary N) is 1. The molecule has 0 spiro atoms. The van der Waals surface area contributed by atoms with E-state index in [0.29, 0.717) is 5.56 Å². The second-order valence-electron chi connectivity index (χ2n) is 6.12. The highest BCUT2D eigenvalue weighted by Crippen LogP contribution is 2.28. The van der Waals surface area contributed by atoms with Gasteiger partial charge in [0.15, 0.2) is 6.23 Å². The van der Waals surface area contributed by atoms with Gasteiger partial charge in [-0.3, -0.25) is 9.88 Å². The van der Waals surface area contributed by atoms with Crippen LogP contribution in [0.3, 0.4) is 0 Å². The van der Waals surface area contributed by atoms with Crippen molar-refractivity contribution in [3.63, 3.8) is 0 Å². The van der Waals surface area contributed by atoms with E-state index in [1.807, 2.05) is 6.92 Å². The third kappa shape index (κ3) is 4.48. The SMILES string of the molecule is C=Cc1cn([C@@H]2O[C@H](C)C(O)C2O)c(=O)nc1NC(=O)OCCCCC. The molecule has 9 heteroatoms. The maximum absolute atomic E-state index is 12.3. The van der Waals surface area contributed by atoms with E-state index in [9.17, 15) is 19.8 Å². The van der Waals surface area contributed by atoms with Gasteiger partial charge in [-0.15, -0.1) is 0 Å². The Morgan fingerprint density at radius 3 is 2.77 bits per heavy atom. The Morgan fingerprint density at radius 2 is 2.19 bits per heavy atom. The molecule has 1 aromatic rings. The van der Waals surface area contributed by atoms with Gasteiger partial charge in [-0.25, -0.2) is 9.59 Å². The number of anilines is 1. The molecule has 3 N–H and O–H groups in total. The minimum atomic E-state index is -1.27. The van der Waals surface area contributed by atoms with E-state index in [-0.39, 0.29) is 12.4 Å². The van der Waals surface area contributed by atoms with Crippen molar-refractivity contribution in [1.29, 1.82) is 0 Å². The van der Waals surface area contributed by atoms with Crippen LogP contribution >= 0.6 is 0 Å². The lowest BCUT2D eigenvalue weighted by molar-refractivity contribution is -0.0350. The van der Waals surface area contributed by atoms with Gasteiger partial charge in [0.25, 0.3) is 0 Å². The number of rotatable bonds is 7. The molecule has 0 radical (unpaired) electrons. The second-order valence-corrected chi connectivity index (χ2v) is 6.12. The average Bonchev–Trinajstić information content (AvgIpc) is 2.86. The maximum atomic E-state index is 12.3. The second kappa shape index (κ2) is 8.93. The molecule has 1 saturated heterocycles. The Labute approximate surface area is 151 Å². The normalized spacial score (nSPS) is 25.1. The van der Waals surface area contributed by atoms with Crippen LogP contribution < -0.4 is 11.0 Å². The zero-order chi connectivity index (χ0) is 19.3. The number of amides is 1. The summed E-state index contributed by atoms with van der Waals surface area (Å²) in [7, 11) is 0. The third-order valence-electron chi connectivity index (χ3n) is 4.15. The van der Waals surface area contributed by atoms with Crippen molar-refractivity contribution in [3.8, 4) is 0 Å². The number of ether oxygens (including phenoxy) is 2. The highest BCUT2D eigenvalue weighted by atomic mass is 16.6. The van der Waals surface area contributed by atoms with E-state index >= 15 is 0 Å². The predicted octanol–water partition coefficient (Wildman–Crippen LogP) is 1.26. The van der Waals surface area contributed by atoms with Crippen molar-refractivity contribution in [2.45, 2.75) is 57.6 Å². The van der Waals surface area contributed by atoms with E-state index < -0.39 is 36.3 Å². The molecule has 0 saturated carbocycles. The summed E-state index contributed by atoms with van der Waals surface area (Å²) >= 11 is 0. The van der Waals surface area contributed by atoms with Gasteiger partial charge < -0.3 is 19.7 Å². The summed E-state index contributed by atoms with van der Waals surface area (Å²) in [6, 6.07) is 0. The van der Waals surface area contributed by atoms with Crippen molar-refractivity contribution < 1.29 is 24.5 Å². The van der Waals surface area contributed by atoms with E-state index in [4.69, 9.17) is 9.47 Å². The molecule has 1 fully saturated rings. The summed E-state index contributed by atoms with van der Waals surface area (Å²) in [5.41, 5.74) is -0.401. The Morgan fingerprint density at radius 1 is 1.46 bits per heavy atom. The van der Waals surface area contributed by atoms with Gasteiger partial charge in [-0.1, -0.05) is 32.4 Å². The summed E-state index contributed by atoms with van der Waals surface area (Å²) in [6.07, 6.45) is 0.657. The minimum absolute atomic E-state index is 0.00262. The van der Waals surface area contributed by atoms with Crippen LogP contribution in [0.15, 0.2) is 17.6 Å². The van der Waals surface area contributed by atoms with Crippen LogP contribution in [0.25, 0.3) is 6.08 Å². The fourth-order valence-electron chi connectivity index (χ4n) is 2.62. The van der Waals surface area contributed by atoms with Crippen molar-refractivity contribution in [1.82, 2.24) is 9.55 Å². The summed E-state index contributed by atoms with van der Waals surface area (Å²) in [5, 5.41) is 22.3. The van der Waals surface area contributed by atoms with Crippen molar-refractivity contribution in [2.24, 2.45) is 0 Å². The lowest BCUT2D eigenvalue weighted by Crippen LogP contribution is -2.36. The first-order chi connectivity index (χ1) is 12.4. The number of aliphatic hydroxyl groups excluding tert-OH is 2. The number of aliphatic hydroxyl groups is 2. The van der Waals surface area contributed by atoms with Gasteiger partial charge in [0.05, 0.1) is 12.7 Å². The van der Waals surface area contributed by atoms with E-state index in [0.717, 1.165) is 23.8 Å². The Kier molecular flexibility index (Phi) is 6.90. The first kappa shape index (κ1) is 20.1. The highest BCUT2D eigenvalue weighted by Gasteiger charge is 2.42. The number of carbonyl (C=O) groups excluding carboxylic acids is 1. The fourth-order valence-corrected chi connectivity index (χ4v) is 2.62. The molecule has 2 unspecified atom stereocenters. The molecule has 0 aromatic carbocycles.